The van der Waals surface area contributed by atoms with Gasteiger partial charge < -0.3 is 24.7 Å². The summed E-state index contributed by atoms with van der Waals surface area (Å²) in [5.74, 6) is 2.32. The second-order valence-corrected chi connectivity index (χ2v) is 7.83. The first kappa shape index (κ1) is 22.7. The van der Waals surface area contributed by atoms with Gasteiger partial charge in [0.1, 0.15) is 24.2 Å². The zero-order valence-electron chi connectivity index (χ0n) is 18.6. The summed E-state index contributed by atoms with van der Waals surface area (Å²) in [7, 11) is 0. The molecular weight excluding hydrogens is 396 g/mol. The summed E-state index contributed by atoms with van der Waals surface area (Å²) in [6.45, 7) is 9.64. The maximum atomic E-state index is 9.59. The van der Waals surface area contributed by atoms with E-state index in [9.17, 15) is 5.11 Å². The molecule has 2 aromatic heterocycles. The minimum Gasteiger partial charge on any atom is -0.490 e. The topological polar surface area (TPSA) is 114 Å². The molecule has 0 radical (unpaired) electrons. The fourth-order valence-corrected chi connectivity index (χ4v) is 3.22. The van der Waals surface area contributed by atoms with Crippen molar-refractivity contribution in [1.29, 1.82) is 0 Å². The van der Waals surface area contributed by atoms with E-state index in [1.54, 1.807) is 6.20 Å². The molecular formula is C23H30N4O4. The third kappa shape index (κ3) is 5.59. The molecule has 8 nitrogen and oxygen atoms in total. The van der Waals surface area contributed by atoms with Crippen molar-refractivity contribution in [3.63, 3.8) is 0 Å². The van der Waals surface area contributed by atoms with Gasteiger partial charge in [0.25, 0.3) is 0 Å². The molecule has 8 heteroatoms. The van der Waals surface area contributed by atoms with Crippen LogP contribution in [0.2, 0.25) is 0 Å². The number of hydrogen-bond donors (Lipinski definition) is 3. The first-order valence-corrected chi connectivity index (χ1v) is 10.4. The summed E-state index contributed by atoms with van der Waals surface area (Å²) in [4.78, 5) is 13.4. The van der Waals surface area contributed by atoms with E-state index in [2.05, 4.69) is 20.3 Å². The van der Waals surface area contributed by atoms with Gasteiger partial charge in [-0.3, -0.25) is 0 Å². The smallest absolute Gasteiger partial charge is 0.226 e. The maximum absolute atomic E-state index is 9.59. The number of nitrogens with zero attached hydrogens (tertiary/aromatic N) is 3. The second-order valence-electron chi connectivity index (χ2n) is 7.83. The van der Waals surface area contributed by atoms with E-state index in [0.29, 0.717) is 29.0 Å². The number of rotatable bonds is 9. The van der Waals surface area contributed by atoms with Gasteiger partial charge in [-0.15, -0.1) is 0 Å². The highest BCUT2D eigenvalue weighted by atomic mass is 16.5. The van der Waals surface area contributed by atoms with Crippen LogP contribution in [0.3, 0.4) is 0 Å². The van der Waals surface area contributed by atoms with E-state index < -0.39 is 6.10 Å². The molecule has 0 aliphatic heterocycles. The van der Waals surface area contributed by atoms with Crippen LogP contribution in [0.15, 0.2) is 28.8 Å². The highest BCUT2D eigenvalue weighted by molar-refractivity contribution is 5.63. The molecule has 3 N–H and O–H groups in total. The lowest BCUT2D eigenvalue weighted by atomic mass is 10.0. The molecule has 2 heterocycles. The third-order valence-corrected chi connectivity index (χ3v) is 4.64. The summed E-state index contributed by atoms with van der Waals surface area (Å²) in [5.41, 5.74) is 4.21. The molecule has 0 amide bonds. The third-order valence-electron chi connectivity index (χ3n) is 4.64. The molecule has 0 aliphatic rings. The molecule has 0 spiro atoms. The number of aliphatic hydroxyl groups is 2. The number of benzene rings is 1. The molecule has 31 heavy (non-hydrogen) atoms. The molecule has 0 saturated carbocycles. The predicted molar refractivity (Wildman–Crippen MR) is 119 cm³/mol. The van der Waals surface area contributed by atoms with Gasteiger partial charge in [0.2, 0.25) is 11.8 Å². The molecule has 1 atom stereocenters. The van der Waals surface area contributed by atoms with Gasteiger partial charge in [-0.2, -0.15) is 0 Å². The number of anilines is 1. The SMILES string of the molecule is CCc1cc(-c2ncc(-c3cc(C)nc(NC(C)C)n3)o2)cc(C)c1OC[C@@H](O)CO. The Morgan fingerprint density at radius 3 is 2.61 bits per heavy atom. The van der Waals surface area contributed by atoms with E-state index >= 15 is 0 Å². The van der Waals surface area contributed by atoms with E-state index in [0.717, 1.165) is 28.8 Å². The van der Waals surface area contributed by atoms with Crippen molar-refractivity contribution in [2.45, 2.75) is 53.2 Å². The number of aryl methyl sites for hydroxylation is 3. The Hall–Kier alpha value is -2.97. The summed E-state index contributed by atoms with van der Waals surface area (Å²) < 4.78 is 11.8. The fourth-order valence-electron chi connectivity index (χ4n) is 3.22. The van der Waals surface area contributed by atoms with Crippen molar-refractivity contribution in [2.75, 3.05) is 18.5 Å². The minimum absolute atomic E-state index is 0.0344. The molecule has 3 aromatic rings. The van der Waals surface area contributed by atoms with Crippen molar-refractivity contribution in [3.8, 4) is 28.7 Å². The quantitative estimate of drug-likeness (QED) is 0.476. The lowest BCUT2D eigenvalue weighted by Crippen LogP contribution is -2.22. The van der Waals surface area contributed by atoms with Crippen LogP contribution in [0.25, 0.3) is 22.9 Å². The zero-order chi connectivity index (χ0) is 22.5. The Bertz CT molecular complexity index is 1030. The normalized spacial score (nSPS) is 12.3. The van der Waals surface area contributed by atoms with Crippen molar-refractivity contribution >= 4 is 5.95 Å². The molecule has 0 unspecified atom stereocenters. The van der Waals surface area contributed by atoms with Gasteiger partial charge in [0.15, 0.2) is 5.76 Å². The van der Waals surface area contributed by atoms with Gasteiger partial charge >= 0.3 is 0 Å². The highest BCUT2D eigenvalue weighted by Gasteiger charge is 2.16. The van der Waals surface area contributed by atoms with Crippen molar-refractivity contribution in [3.05, 3.63) is 41.2 Å². The molecule has 1 aromatic carbocycles. The minimum atomic E-state index is -0.913. The van der Waals surface area contributed by atoms with E-state index in [1.807, 2.05) is 52.8 Å². The molecule has 166 valence electrons. The molecule has 3 rings (SSSR count). The highest BCUT2D eigenvalue weighted by Crippen LogP contribution is 2.32. The van der Waals surface area contributed by atoms with Gasteiger partial charge in [0.05, 0.1) is 12.8 Å². The largest absolute Gasteiger partial charge is 0.490 e. The zero-order valence-corrected chi connectivity index (χ0v) is 18.6. The maximum Gasteiger partial charge on any atom is 0.226 e. The van der Waals surface area contributed by atoms with Crippen LogP contribution in [-0.4, -0.2) is 50.5 Å². The molecule has 0 bridgehead atoms. The number of hydrogen-bond acceptors (Lipinski definition) is 8. The Morgan fingerprint density at radius 1 is 1.16 bits per heavy atom. The van der Waals surface area contributed by atoms with Crippen LogP contribution in [0, 0.1) is 13.8 Å². The lowest BCUT2D eigenvalue weighted by molar-refractivity contribution is 0.0531. The lowest BCUT2D eigenvalue weighted by Gasteiger charge is -2.16. The van der Waals surface area contributed by atoms with Crippen LogP contribution in [0.1, 0.15) is 37.6 Å². The molecule has 0 aliphatic carbocycles. The van der Waals surface area contributed by atoms with Gasteiger partial charge in [-0.1, -0.05) is 6.92 Å². The first-order valence-electron chi connectivity index (χ1n) is 10.4. The van der Waals surface area contributed by atoms with Crippen molar-refractivity contribution < 1.29 is 19.4 Å². The average Bonchev–Trinajstić information content (AvgIpc) is 3.21. The summed E-state index contributed by atoms with van der Waals surface area (Å²) in [6.07, 6.45) is 1.49. The standard InChI is InChI=1S/C23H30N4O4/c1-6-16-9-17(7-14(4)21(16)30-12-18(29)11-28)22-24-10-20(31-22)19-8-15(5)26-23(27-19)25-13(2)3/h7-10,13,18,28-29H,6,11-12H2,1-5H3,(H,25,26,27)/t18-/m0/s1. The van der Waals surface area contributed by atoms with Gasteiger partial charge in [-0.25, -0.2) is 15.0 Å². The van der Waals surface area contributed by atoms with Crippen LogP contribution in [0.4, 0.5) is 5.95 Å². The average molecular weight is 427 g/mol. The predicted octanol–water partition coefficient (Wildman–Crippen LogP) is 3.53. The van der Waals surface area contributed by atoms with Gasteiger partial charge in [-0.05, 0) is 63.4 Å². The number of aromatic nitrogens is 3. The Morgan fingerprint density at radius 2 is 1.94 bits per heavy atom. The number of ether oxygens (including phenoxy) is 1. The van der Waals surface area contributed by atoms with Crippen LogP contribution in [-0.2, 0) is 6.42 Å². The van der Waals surface area contributed by atoms with Gasteiger partial charge in [0, 0.05) is 17.3 Å². The summed E-state index contributed by atoms with van der Waals surface area (Å²) >= 11 is 0. The fraction of sp³-hybridized carbons (Fsp3) is 0.435. The Balaban J connectivity index is 1.90. The number of aliphatic hydroxyl groups excluding tert-OH is 2. The van der Waals surface area contributed by atoms with Crippen LogP contribution < -0.4 is 10.1 Å². The summed E-state index contributed by atoms with van der Waals surface area (Å²) in [6, 6.07) is 5.99. The van der Waals surface area contributed by atoms with E-state index in [1.165, 1.54) is 0 Å². The first-order chi connectivity index (χ1) is 14.8. The Kier molecular flexibility index (Phi) is 7.25. The Labute approximate surface area is 182 Å². The molecule has 0 saturated heterocycles. The second kappa shape index (κ2) is 9.89. The number of nitrogens with one attached hydrogen (secondary N) is 1. The monoisotopic (exact) mass is 426 g/mol. The van der Waals surface area contributed by atoms with E-state index in [-0.39, 0.29) is 19.3 Å². The van der Waals surface area contributed by atoms with Crippen molar-refractivity contribution in [1.82, 2.24) is 15.0 Å². The van der Waals surface area contributed by atoms with E-state index in [4.69, 9.17) is 14.3 Å². The summed E-state index contributed by atoms with van der Waals surface area (Å²) in [5, 5.41) is 21.8. The van der Waals surface area contributed by atoms with Crippen LogP contribution >= 0.6 is 0 Å². The van der Waals surface area contributed by atoms with Crippen LogP contribution in [0.5, 0.6) is 5.75 Å². The molecule has 0 fully saturated rings. The number of oxazole rings is 1. The van der Waals surface area contributed by atoms with Crippen molar-refractivity contribution in [2.24, 2.45) is 0 Å².